The lowest BCUT2D eigenvalue weighted by Gasteiger charge is -2.19. The van der Waals surface area contributed by atoms with Gasteiger partial charge in [-0.25, -0.2) is 13.7 Å². The molecule has 0 aromatic carbocycles. The molecule has 23 heteroatoms. The first-order valence-electron chi connectivity index (χ1n) is 9.05. The molecular weight excluding hydrogens is 572 g/mol. The third-order valence-corrected chi connectivity index (χ3v) is 8.18. The summed E-state index contributed by atoms with van der Waals surface area (Å²) >= 11 is 0. The van der Waals surface area contributed by atoms with Crippen LogP contribution in [0, 0.1) is 0 Å². The summed E-state index contributed by atoms with van der Waals surface area (Å²) in [5.41, 5.74) is -3.19. The molecule has 6 atom stereocenters. The zero-order chi connectivity index (χ0) is 27.3. The van der Waals surface area contributed by atoms with Crippen LogP contribution in [0.15, 0.2) is 17.1 Å². The van der Waals surface area contributed by atoms with Gasteiger partial charge in [0.25, 0.3) is 5.56 Å². The number of H-pyrrole nitrogens is 1. The SMILES string of the molecule is O=c1nc2[nH]c(C(F)(F)F)cnc-2cc1[C@@H]1O[C@H](COP(=O)(O)OP(=O)(O)OP(=O)(O)O)C(O)[C@@H]1O. The van der Waals surface area contributed by atoms with Gasteiger partial charge in [0.1, 0.15) is 35.8 Å². The van der Waals surface area contributed by atoms with Gasteiger partial charge in [0.2, 0.25) is 0 Å². The summed E-state index contributed by atoms with van der Waals surface area (Å²) in [7, 11) is -17.0. The Kier molecular flexibility index (Phi) is 7.97. The fraction of sp³-hybridized carbons (Fsp3) is 0.462. The number of nitrogens with zero attached hydrogens (tertiary/aromatic N) is 2. The Morgan fingerprint density at radius 3 is 2.28 bits per heavy atom. The maximum Gasteiger partial charge on any atom is 0.490 e. The first kappa shape index (κ1) is 28.9. The van der Waals surface area contributed by atoms with Gasteiger partial charge in [-0.1, -0.05) is 0 Å². The number of alkyl halides is 3. The van der Waals surface area contributed by atoms with E-state index in [-0.39, 0.29) is 5.69 Å². The van der Waals surface area contributed by atoms with E-state index < -0.39 is 83.3 Å². The molecule has 0 aromatic rings. The Hall–Kier alpha value is -1.63. The summed E-state index contributed by atoms with van der Waals surface area (Å²) in [5, 5.41) is 20.4. The number of aliphatic hydroxyl groups excluding tert-OH is 2. The maximum atomic E-state index is 12.8. The number of aromatic nitrogens is 3. The van der Waals surface area contributed by atoms with Crippen molar-refractivity contribution >= 4 is 23.5 Å². The normalized spacial score (nSPS) is 26.6. The van der Waals surface area contributed by atoms with Crippen molar-refractivity contribution in [2.24, 2.45) is 0 Å². The van der Waals surface area contributed by atoms with Crippen molar-refractivity contribution in [2.45, 2.75) is 30.6 Å². The number of fused-ring (bicyclic) bond motifs is 1. The van der Waals surface area contributed by atoms with E-state index in [2.05, 4.69) is 23.1 Å². The van der Waals surface area contributed by atoms with E-state index in [1.165, 1.54) is 0 Å². The van der Waals surface area contributed by atoms with Crippen molar-refractivity contribution in [3.05, 3.63) is 33.9 Å². The highest BCUT2D eigenvalue weighted by Crippen LogP contribution is 2.66. The number of halogens is 3. The van der Waals surface area contributed by atoms with Crippen LogP contribution in [-0.4, -0.2) is 69.7 Å². The first-order valence-corrected chi connectivity index (χ1v) is 13.6. The molecule has 0 aromatic heterocycles. The fourth-order valence-electron chi connectivity index (χ4n) is 2.95. The second-order valence-electron chi connectivity index (χ2n) is 7.01. The molecule has 1 fully saturated rings. The van der Waals surface area contributed by atoms with Gasteiger partial charge in [-0.15, -0.1) is 0 Å². The smallest absolute Gasteiger partial charge is 0.387 e. The van der Waals surface area contributed by atoms with Crippen LogP contribution in [0.2, 0.25) is 0 Å². The second-order valence-corrected chi connectivity index (χ2v) is 11.4. The molecule has 202 valence electrons. The minimum atomic E-state index is -5.81. The minimum absolute atomic E-state index is 0.250. The highest BCUT2D eigenvalue weighted by molar-refractivity contribution is 7.66. The molecule has 0 saturated carbocycles. The molecule has 0 aliphatic carbocycles. The monoisotopic (exact) mass is 587 g/mol. The molecule has 3 unspecified atom stereocenters. The van der Waals surface area contributed by atoms with Gasteiger partial charge < -0.3 is 39.5 Å². The van der Waals surface area contributed by atoms with E-state index in [0.717, 1.165) is 6.07 Å². The lowest BCUT2D eigenvalue weighted by Crippen LogP contribution is -2.33. The van der Waals surface area contributed by atoms with Crippen LogP contribution in [0.3, 0.4) is 0 Å². The van der Waals surface area contributed by atoms with E-state index in [1.54, 1.807) is 0 Å². The molecule has 0 spiro atoms. The molecule has 3 aliphatic rings. The lowest BCUT2D eigenvalue weighted by molar-refractivity contribution is -0.141. The van der Waals surface area contributed by atoms with Crippen LogP contribution in [0.25, 0.3) is 11.5 Å². The zero-order valence-corrected chi connectivity index (χ0v) is 19.7. The number of ether oxygens (including phenoxy) is 1. The second kappa shape index (κ2) is 9.92. The van der Waals surface area contributed by atoms with Gasteiger partial charge in [-0.05, 0) is 6.07 Å². The van der Waals surface area contributed by atoms with E-state index in [4.69, 9.17) is 19.4 Å². The molecule has 3 rings (SSSR count). The quantitative estimate of drug-likeness (QED) is 0.197. The van der Waals surface area contributed by atoms with Gasteiger partial charge in [0.05, 0.1) is 18.4 Å². The number of pyridine rings is 1. The van der Waals surface area contributed by atoms with Crippen molar-refractivity contribution in [2.75, 3.05) is 6.61 Å². The zero-order valence-electron chi connectivity index (χ0n) is 17.0. The number of phosphoric ester groups is 1. The molecule has 0 bridgehead atoms. The molecule has 0 radical (unpaired) electrons. The summed E-state index contributed by atoms with van der Waals surface area (Å²) in [5.74, 6) is -0.546. The number of hydrogen-bond donors (Lipinski definition) is 7. The Morgan fingerprint density at radius 2 is 1.69 bits per heavy atom. The van der Waals surface area contributed by atoms with Crippen molar-refractivity contribution in [3.8, 4) is 11.5 Å². The lowest BCUT2D eigenvalue weighted by atomic mass is 10.0. The van der Waals surface area contributed by atoms with Gasteiger partial charge in [-0.3, -0.25) is 14.3 Å². The third kappa shape index (κ3) is 7.02. The Labute approximate surface area is 196 Å². The number of rotatable bonds is 8. The van der Waals surface area contributed by atoms with Crippen LogP contribution in [-0.2, 0) is 37.8 Å². The summed E-state index contributed by atoms with van der Waals surface area (Å²) in [4.78, 5) is 56.7. The first-order chi connectivity index (χ1) is 16.3. The van der Waals surface area contributed by atoms with Crippen LogP contribution < -0.4 is 5.56 Å². The molecular formula is C13H15F3N3O14P3. The Morgan fingerprint density at radius 1 is 1.06 bits per heavy atom. The average Bonchev–Trinajstić information content (AvgIpc) is 2.96. The van der Waals surface area contributed by atoms with Crippen LogP contribution in [0.1, 0.15) is 17.4 Å². The highest BCUT2D eigenvalue weighted by atomic mass is 31.3. The van der Waals surface area contributed by atoms with Crippen LogP contribution >= 0.6 is 23.5 Å². The maximum absolute atomic E-state index is 12.8. The summed E-state index contributed by atoms with van der Waals surface area (Å²) < 4.78 is 88.8. The molecule has 1 saturated heterocycles. The van der Waals surface area contributed by atoms with E-state index in [9.17, 15) is 46.8 Å². The molecule has 3 heterocycles. The third-order valence-electron chi connectivity index (χ3n) is 4.37. The van der Waals surface area contributed by atoms with Crippen LogP contribution in [0.4, 0.5) is 13.2 Å². The summed E-state index contributed by atoms with van der Waals surface area (Å²) in [6, 6.07) is 0.923. The molecule has 3 aliphatic heterocycles. The number of hydrogen-bond acceptors (Lipinski definition) is 12. The fourth-order valence-corrected chi connectivity index (χ4v) is 5.98. The largest absolute Gasteiger partial charge is 0.490 e. The van der Waals surface area contributed by atoms with Gasteiger partial charge in [0.15, 0.2) is 5.82 Å². The Balaban J connectivity index is 1.76. The van der Waals surface area contributed by atoms with E-state index in [1.807, 2.05) is 4.98 Å². The van der Waals surface area contributed by atoms with Crippen molar-refractivity contribution < 1.29 is 74.5 Å². The molecule has 36 heavy (non-hydrogen) atoms. The molecule has 17 nitrogen and oxygen atoms in total. The predicted molar refractivity (Wildman–Crippen MR) is 104 cm³/mol. The molecule has 7 N–H and O–H groups in total. The van der Waals surface area contributed by atoms with E-state index in [0.29, 0.717) is 6.20 Å². The summed E-state index contributed by atoms with van der Waals surface area (Å²) in [6.07, 6.45) is -11.6. The highest BCUT2D eigenvalue weighted by Gasteiger charge is 2.47. The molecule has 0 amide bonds. The van der Waals surface area contributed by atoms with Crippen LogP contribution in [0.5, 0.6) is 0 Å². The standard InChI is InChI=1S/C13H15F3N3O14P3/c14-13(15,16)7-2-17-5-1-4(12(22)19-11(5)18-7)10-9(21)8(20)6(31-10)3-30-35(26,27)33-36(28,29)32-34(23,24)25/h1-2,6,8-10,20-21H,3H2,(H,26,27)(H,28,29)(H,18,19,22)(H2,23,24,25)/t6-,8?,9+,10+/m1/s1. The number of nitrogens with one attached hydrogen (secondary N) is 1. The minimum Gasteiger partial charge on any atom is -0.387 e. The number of aliphatic hydroxyl groups is 2. The van der Waals surface area contributed by atoms with Crippen molar-refractivity contribution in [1.82, 2.24) is 15.0 Å². The summed E-state index contributed by atoms with van der Waals surface area (Å²) in [6.45, 7) is -1.14. The average molecular weight is 587 g/mol. The predicted octanol–water partition coefficient (Wildman–Crippen LogP) is -0.207. The number of aromatic amines is 1. The van der Waals surface area contributed by atoms with Gasteiger partial charge in [0, 0.05) is 0 Å². The Bertz CT molecular complexity index is 1300. The number of phosphoric acid groups is 3. The van der Waals surface area contributed by atoms with Gasteiger partial charge in [-0.2, -0.15) is 26.8 Å². The van der Waals surface area contributed by atoms with Crippen molar-refractivity contribution in [3.63, 3.8) is 0 Å². The van der Waals surface area contributed by atoms with Gasteiger partial charge >= 0.3 is 29.6 Å². The van der Waals surface area contributed by atoms with Crippen molar-refractivity contribution in [1.29, 1.82) is 0 Å². The van der Waals surface area contributed by atoms with E-state index >= 15 is 0 Å². The topological polar surface area (TPSA) is 268 Å².